The molecule has 1 saturated heterocycles. The predicted molar refractivity (Wildman–Crippen MR) is 97.2 cm³/mol. The summed E-state index contributed by atoms with van der Waals surface area (Å²) in [5.74, 6) is 0.237. The van der Waals surface area contributed by atoms with Gasteiger partial charge in [0, 0.05) is 37.1 Å². The summed E-state index contributed by atoms with van der Waals surface area (Å²) in [6, 6.07) is 8.51. The lowest BCUT2D eigenvalue weighted by atomic mass is 10.2. The Morgan fingerprint density at radius 3 is 2.48 bits per heavy atom. The summed E-state index contributed by atoms with van der Waals surface area (Å²) < 4.78 is 0. The van der Waals surface area contributed by atoms with Gasteiger partial charge in [-0.2, -0.15) is 0 Å². The van der Waals surface area contributed by atoms with Crippen LogP contribution in [0.25, 0.3) is 0 Å². The molecule has 3 rings (SSSR count). The highest BCUT2D eigenvalue weighted by molar-refractivity contribution is 8.00. The van der Waals surface area contributed by atoms with Crippen LogP contribution in [0.4, 0.5) is 0 Å². The van der Waals surface area contributed by atoms with Gasteiger partial charge >= 0.3 is 0 Å². The van der Waals surface area contributed by atoms with Crippen molar-refractivity contribution in [3.63, 3.8) is 0 Å². The fourth-order valence-electron chi connectivity index (χ4n) is 3.62. The van der Waals surface area contributed by atoms with E-state index in [9.17, 15) is 4.79 Å². The summed E-state index contributed by atoms with van der Waals surface area (Å²) >= 11 is 7.76. The number of hydrogen-bond acceptors (Lipinski definition) is 3. The molecule has 5 heteroatoms. The van der Waals surface area contributed by atoms with Gasteiger partial charge in [0.05, 0.1) is 10.3 Å². The number of halogens is 1. The summed E-state index contributed by atoms with van der Waals surface area (Å²) in [6.07, 6.45) is 5.42. The van der Waals surface area contributed by atoms with Gasteiger partial charge in [-0.1, -0.05) is 36.6 Å². The molecule has 1 amide bonds. The molecule has 1 aliphatic heterocycles. The van der Waals surface area contributed by atoms with E-state index in [2.05, 4.69) is 4.90 Å². The van der Waals surface area contributed by atoms with Crippen molar-refractivity contribution in [3.05, 3.63) is 29.3 Å². The lowest BCUT2D eigenvalue weighted by Crippen LogP contribution is -2.52. The number of thioether (sulfide) groups is 1. The van der Waals surface area contributed by atoms with Gasteiger partial charge in [-0.3, -0.25) is 9.69 Å². The van der Waals surface area contributed by atoms with Crippen molar-refractivity contribution < 1.29 is 4.79 Å². The van der Waals surface area contributed by atoms with Crippen LogP contribution >= 0.6 is 23.4 Å². The van der Waals surface area contributed by atoms with Crippen LogP contribution in [0, 0.1) is 0 Å². The number of amides is 1. The predicted octanol–water partition coefficient (Wildman–Crippen LogP) is 3.91. The van der Waals surface area contributed by atoms with E-state index in [0.717, 1.165) is 42.1 Å². The summed E-state index contributed by atoms with van der Waals surface area (Å²) in [5, 5.41) is 0.635. The number of carbonyl (C=O) groups excluding carboxylic acids is 1. The maximum atomic E-state index is 12.7. The summed E-state index contributed by atoms with van der Waals surface area (Å²) in [5.41, 5.74) is 0. The van der Waals surface area contributed by atoms with Crippen LogP contribution < -0.4 is 0 Å². The first-order valence-corrected chi connectivity index (χ1v) is 9.85. The lowest BCUT2D eigenvalue weighted by molar-refractivity contribution is -0.132. The van der Waals surface area contributed by atoms with Gasteiger partial charge in [0.1, 0.15) is 0 Å². The minimum absolute atomic E-state index is 0.0899. The molecule has 1 aliphatic carbocycles. The van der Waals surface area contributed by atoms with Gasteiger partial charge in [0.25, 0.3) is 0 Å². The van der Waals surface area contributed by atoms with Crippen molar-refractivity contribution in [2.75, 3.05) is 26.2 Å². The van der Waals surface area contributed by atoms with E-state index >= 15 is 0 Å². The second kappa shape index (κ2) is 7.91. The first-order valence-electron chi connectivity index (χ1n) is 8.59. The van der Waals surface area contributed by atoms with E-state index in [1.165, 1.54) is 25.7 Å². The molecule has 23 heavy (non-hydrogen) atoms. The highest BCUT2D eigenvalue weighted by Gasteiger charge is 2.29. The molecule has 2 fully saturated rings. The summed E-state index contributed by atoms with van der Waals surface area (Å²) in [7, 11) is 0. The van der Waals surface area contributed by atoms with Gasteiger partial charge in [-0.05, 0) is 31.9 Å². The number of nitrogens with zero attached hydrogens (tertiary/aromatic N) is 2. The molecule has 126 valence electrons. The monoisotopic (exact) mass is 352 g/mol. The molecule has 0 radical (unpaired) electrons. The molecule has 0 N–H and O–H groups in total. The molecule has 0 bridgehead atoms. The van der Waals surface area contributed by atoms with Gasteiger partial charge in [0.2, 0.25) is 5.91 Å². The van der Waals surface area contributed by atoms with Crippen LogP contribution in [0.5, 0.6) is 0 Å². The van der Waals surface area contributed by atoms with Gasteiger partial charge in [-0.15, -0.1) is 11.8 Å². The zero-order valence-electron chi connectivity index (χ0n) is 13.7. The van der Waals surface area contributed by atoms with Gasteiger partial charge < -0.3 is 4.90 Å². The Labute approximate surface area is 148 Å². The Kier molecular flexibility index (Phi) is 5.89. The minimum atomic E-state index is -0.0899. The third-order valence-electron chi connectivity index (χ3n) is 4.96. The third-order valence-corrected chi connectivity index (χ3v) is 6.56. The second-order valence-electron chi connectivity index (χ2n) is 6.49. The Morgan fingerprint density at radius 2 is 1.83 bits per heavy atom. The second-order valence-corrected chi connectivity index (χ2v) is 8.28. The molecular weight excluding hydrogens is 328 g/mol. The molecule has 1 heterocycles. The summed E-state index contributed by atoms with van der Waals surface area (Å²) in [6.45, 7) is 5.77. The molecule has 0 spiro atoms. The molecular formula is C18H25ClN2OS. The van der Waals surface area contributed by atoms with Gasteiger partial charge in [-0.25, -0.2) is 0 Å². The maximum Gasteiger partial charge on any atom is 0.235 e. The fraction of sp³-hybridized carbons (Fsp3) is 0.611. The van der Waals surface area contributed by atoms with Crippen LogP contribution in [0.1, 0.15) is 32.6 Å². The average molecular weight is 353 g/mol. The van der Waals surface area contributed by atoms with Crippen LogP contribution in [0.2, 0.25) is 5.02 Å². The molecule has 1 aromatic carbocycles. The molecule has 2 aliphatic rings. The smallest absolute Gasteiger partial charge is 0.235 e. The molecule has 1 aromatic rings. The Hall–Kier alpha value is -0.710. The van der Waals surface area contributed by atoms with E-state index in [1.807, 2.05) is 36.1 Å². The minimum Gasteiger partial charge on any atom is -0.339 e. The first-order chi connectivity index (χ1) is 11.1. The number of hydrogen-bond donors (Lipinski definition) is 0. The van der Waals surface area contributed by atoms with E-state index in [0.29, 0.717) is 0 Å². The van der Waals surface area contributed by atoms with Crippen LogP contribution in [-0.2, 0) is 4.79 Å². The Morgan fingerprint density at radius 1 is 1.17 bits per heavy atom. The molecule has 1 unspecified atom stereocenters. The Balaban J connectivity index is 1.51. The number of benzene rings is 1. The zero-order chi connectivity index (χ0) is 16.2. The van der Waals surface area contributed by atoms with E-state index in [1.54, 1.807) is 11.8 Å². The van der Waals surface area contributed by atoms with Gasteiger partial charge in [0.15, 0.2) is 0 Å². The molecule has 3 nitrogen and oxygen atoms in total. The van der Waals surface area contributed by atoms with Crippen LogP contribution in [-0.4, -0.2) is 53.2 Å². The Bertz CT molecular complexity index is 540. The van der Waals surface area contributed by atoms with Crippen molar-refractivity contribution >= 4 is 29.3 Å². The fourth-order valence-corrected chi connectivity index (χ4v) is 4.85. The van der Waals surface area contributed by atoms with Crippen LogP contribution in [0.3, 0.4) is 0 Å². The molecule has 0 aromatic heterocycles. The number of rotatable bonds is 4. The zero-order valence-corrected chi connectivity index (χ0v) is 15.3. The van der Waals surface area contributed by atoms with Crippen molar-refractivity contribution in [3.8, 4) is 0 Å². The van der Waals surface area contributed by atoms with E-state index in [4.69, 9.17) is 11.6 Å². The SMILES string of the molecule is CC(Sc1ccccc1Cl)C(=O)N1CCN(C2CCCC2)CC1. The normalized spacial score (nSPS) is 21.6. The van der Waals surface area contributed by atoms with Crippen molar-refractivity contribution in [2.24, 2.45) is 0 Å². The molecule has 1 saturated carbocycles. The standard InChI is InChI=1S/C18H25ClN2OS/c1-14(23-17-9-5-4-8-16(17)19)18(22)21-12-10-20(11-13-21)15-6-2-3-7-15/h4-5,8-9,14-15H,2-3,6-7,10-13H2,1H3. The topological polar surface area (TPSA) is 23.6 Å². The summed E-state index contributed by atoms with van der Waals surface area (Å²) in [4.78, 5) is 18.3. The van der Waals surface area contributed by atoms with Crippen molar-refractivity contribution in [1.29, 1.82) is 0 Å². The lowest BCUT2D eigenvalue weighted by Gasteiger charge is -2.38. The van der Waals surface area contributed by atoms with Crippen LogP contribution in [0.15, 0.2) is 29.2 Å². The van der Waals surface area contributed by atoms with E-state index in [-0.39, 0.29) is 11.2 Å². The largest absolute Gasteiger partial charge is 0.339 e. The third kappa shape index (κ3) is 4.23. The highest BCUT2D eigenvalue weighted by Crippen LogP contribution is 2.31. The number of piperazine rings is 1. The first kappa shape index (κ1) is 17.1. The maximum absolute atomic E-state index is 12.7. The number of carbonyl (C=O) groups is 1. The van der Waals surface area contributed by atoms with E-state index < -0.39 is 0 Å². The highest BCUT2D eigenvalue weighted by atomic mass is 35.5. The van der Waals surface area contributed by atoms with Crippen molar-refractivity contribution in [2.45, 2.75) is 48.8 Å². The molecule has 1 atom stereocenters. The quantitative estimate of drug-likeness (QED) is 0.767. The van der Waals surface area contributed by atoms with Crippen molar-refractivity contribution in [1.82, 2.24) is 9.80 Å². The average Bonchev–Trinajstić information content (AvgIpc) is 3.11.